The molecule has 3 aliphatic heterocycles. The van der Waals surface area contributed by atoms with Crippen molar-refractivity contribution in [1.82, 2.24) is 5.32 Å². The van der Waals surface area contributed by atoms with E-state index in [-0.39, 0.29) is 5.60 Å². The number of hydrogen-bond donors (Lipinski definition) is 2. The zero-order valence-corrected chi connectivity index (χ0v) is 11.3. The molecule has 2 N–H and O–H groups in total. The number of piperidine rings is 1. The van der Waals surface area contributed by atoms with Crippen molar-refractivity contribution in [1.29, 1.82) is 0 Å². The van der Waals surface area contributed by atoms with E-state index >= 15 is 0 Å². The lowest BCUT2D eigenvalue weighted by atomic mass is 9.67. The van der Waals surface area contributed by atoms with E-state index < -0.39 is 5.60 Å². The molecule has 3 fully saturated rings. The van der Waals surface area contributed by atoms with Gasteiger partial charge in [0.15, 0.2) is 0 Å². The molecule has 0 amide bonds. The summed E-state index contributed by atoms with van der Waals surface area (Å²) in [6, 6.07) is 0. The molecule has 104 valence electrons. The molecule has 4 unspecified atom stereocenters. The zero-order valence-electron chi connectivity index (χ0n) is 11.3. The smallest absolute Gasteiger partial charge is 0.0940 e. The predicted octanol–water partition coefficient (Wildman–Crippen LogP) is 0.933. The normalized spacial score (nSPS) is 49.7. The lowest BCUT2D eigenvalue weighted by Gasteiger charge is -2.49. The van der Waals surface area contributed by atoms with Crippen molar-refractivity contribution < 1.29 is 14.6 Å². The maximum absolute atomic E-state index is 11.1. The molecule has 0 aromatic carbocycles. The van der Waals surface area contributed by atoms with Crippen LogP contribution in [0.1, 0.15) is 32.6 Å². The lowest BCUT2D eigenvalue weighted by Crippen LogP contribution is -2.57. The Hall–Kier alpha value is -0.160. The Balaban J connectivity index is 1.74. The van der Waals surface area contributed by atoms with Crippen LogP contribution in [0.25, 0.3) is 0 Å². The quantitative estimate of drug-likeness (QED) is 0.732. The molecule has 3 heterocycles. The number of aliphatic hydroxyl groups is 1. The molecule has 3 saturated heterocycles. The minimum absolute atomic E-state index is 0.0940. The summed E-state index contributed by atoms with van der Waals surface area (Å²) in [5, 5.41) is 14.4. The van der Waals surface area contributed by atoms with E-state index in [1.807, 2.05) is 0 Å². The second kappa shape index (κ2) is 4.75. The van der Waals surface area contributed by atoms with Crippen LogP contribution in [0.15, 0.2) is 0 Å². The second-order valence-corrected chi connectivity index (χ2v) is 6.37. The summed E-state index contributed by atoms with van der Waals surface area (Å²) in [6.45, 7) is 6.32. The average molecular weight is 255 g/mol. The highest BCUT2D eigenvalue weighted by molar-refractivity contribution is 5.01. The van der Waals surface area contributed by atoms with Crippen LogP contribution in [0.5, 0.6) is 0 Å². The van der Waals surface area contributed by atoms with Gasteiger partial charge in [0, 0.05) is 26.2 Å². The Morgan fingerprint density at radius 3 is 2.89 bits per heavy atom. The van der Waals surface area contributed by atoms with Crippen LogP contribution < -0.4 is 5.32 Å². The summed E-state index contributed by atoms with van der Waals surface area (Å²) in [5.41, 5.74) is -0.603. The van der Waals surface area contributed by atoms with Gasteiger partial charge in [-0.05, 0) is 37.6 Å². The van der Waals surface area contributed by atoms with Gasteiger partial charge >= 0.3 is 0 Å². The van der Waals surface area contributed by atoms with E-state index in [1.54, 1.807) is 0 Å². The Bertz CT molecular complexity index is 303. The molecule has 1 spiro atoms. The molecular weight excluding hydrogens is 230 g/mol. The molecule has 18 heavy (non-hydrogen) atoms. The van der Waals surface area contributed by atoms with Gasteiger partial charge < -0.3 is 19.9 Å². The van der Waals surface area contributed by atoms with Crippen molar-refractivity contribution in [3.05, 3.63) is 0 Å². The van der Waals surface area contributed by atoms with Crippen molar-refractivity contribution in [2.75, 3.05) is 32.9 Å². The van der Waals surface area contributed by atoms with E-state index in [0.717, 1.165) is 52.0 Å². The summed E-state index contributed by atoms with van der Waals surface area (Å²) in [6.07, 6.45) is 3.82. The van der Waals surface area contributed by atoms with Crippen LogP contribution in [0.3, 0.4) is 0 Å². The van der Waals surface area contributed by atoms with Gasteiger partial charge in [-0.3, -0.25) is 0 Å². The van der Waals surface area contributed by atoms with Gasteiger partial charge in [0.2, 0.25) is 0 Å². The maximum Gasteiger partial charge on any atom is 0.0940 e. The van der Waals surface area contributed by atoms with Gasteiger partial charge in [-0.1, -0.05) is 6.92 Å². The van der Waals surface area contributed by atoms with Crippen LogP contribution in [0.4, 0.5) is 0 Å². The number of rotatable bonds is 1. The van der Waals surface area contributed by atoms with E-state index in [0.29, 0.717) is 18.4 Å². The molecule has 0 aliphatic carbocycles. The molecule has 4 heteroatoms. The first-order valence-corrected chi connectivity index (χ1v) is 7.29. The topological polar surface area (TPSA) is 50.7 Å². The highest BCUT2D eigenvalue weighted by Gasteiger charge is 2.50. The van der Waals surface area contributed by atoms with Gasteiger partial charge in [0.1, 0.15) is 0 Å². The molecule has 0 aromatic heterocycles. The third-order valence-electron chi connectivity index (χ3n) is 5.27. The maximum atomic E-state index is 11.1. The summed E-state index contributed by atoms with van der Waals surface area (Å²) in [5.74, 6) is 0.693. The first-order chi connectivity index (χ1) is 8.65. The minimum Gasteiger partial charge on any atom is -0.389 e. The molecule has 4 atom stereocenters. The Kier molecular flexibility index (Phi) is 3.39. The number of hydrogen-bond acceptors (Lipinski definition) is 4. The van der Waals surface area contributed by atoms with Crippen molar-refractivity contribution in [3.8, 4) is 0 Å². The fourth-order valence-corrected chi connectivity index (χ4v) is 3.95. The summed E-state index contributed by atoms with van der Waals surface area (Å²) in [7, 11) is 0. The third kappa shape index (κ3) is 2.09. The van der Waals surface area contributed by atoms with Crippen LogP contribution in [-0.4, -0.2) is 49.2 Å². The molecule has 0 radical (unpaired) electrons. The van der Waals surface area contributed by atoms with E-state index in [4.69, 9.17) is 9.47 Å². The Labute approximate surface area is 109 Å². The van der Waals surface area contributed by atoms with E-state index in [1.165, 1.54) is 0 Å². The van der Waals surface area contributed by atoms with Crippen molar-refractivity contribution in [3.63, 3.8) is 0 Å². The Morgan fingerprint density at radius 2 is 2.17 bits per heavy atom. The minimum atomic E-state index is -0.509. The molecule has 3 rings (SSSR count). The molecule has 3 aliphatic rings. The highest BCUT2D eigenvalue weighted by Crippen LogP contribution is 2.44. The molecule has 0 bridgehead atoms. The van der Waals surface area contributed by atoms with Gasteiger partial charge in [-0.15, -0.1) is 0 Å². The fourth-order valence-electron chi connectivity index (χ4n) is 3.95. The van der Waals surface area contributed by atoms with Crippen LogP contribution in [0.2, 0.25) is 0 Å². The molecule has 4 nitrogen and oxygen atoms in total. The third-order valence-corrected chi connectivity index (χ3v) is 5.27. The number of nitrogens with one attached hydrogen (secondary N) is 1. The van der Waals surface area contributed by atoms with Gasteiger partial charge in [-0.25, -0.2) is 0 Å². The summed E-state index contributed by atoms with van der Waals surface area (Å²) < 4.78 is 11.5. The van der Waals surface area contributed by atoms with Gasteiger partial charge in [-0.2, -0.15) is 0 Å². The summed E-state index contributed by atoms with van der Waals surface area (Å²) >= 11 is 0. The van der Waals surface area contributed by atoms with Crippen LogP contribution in [0, 0.1) is 11.8 Å². The monoisotopic (exact) mass is 255 g/mol. The number of ether oxygens (including phenoxy) is 2. The summed E-state index contributed by atoms with van der Waals surface area (Å²) in [4.78, 5) is 0. The standard InChI is InChI=1S/C14H25NO3/c1-11-9-15-5-3-14(11,16)12-2-6-18-13(8-12)4-7-17-10-13/h11-12,15-16H,2-10H2,1H3. The van der Waals surface area contributed by atoms with Gasteiger partial charge in [0.25, 0.3) is 0 Å². The largest absolute Gasteiger partial charge is 0.389 e. The van der Waals surface area contributed by atoms with E-state index in [9.17, 15) is 5.11 Å². The van der Waals surface area contributed by atoms with Crippen molar-refractivity contribution in [2.24, 2.45) is 11.8 Å². The fraction of sp³-hybridized carbons (Fsp3) is 1.00. The zero-order chi connectivity index (χ0) is 12.6. The second-order valence-electron chi connectivity index (χ2n) is 6.37. The van der Waals surface area contributed by atoms with Gasteiger partial charge in [0.05, 0.1) is 17.8 Å². The van der Waals surface area contributed by atoms with Crippen molar-refractivity contribution >= 4 is 0 Å². The van der Waals surface area contributed by atoms with E-state index in [2.05, 4.69) is 12.2 Å². The predicted molar refractivity (Wildman–Crippen MR) is 68.4 cm³/mol. The lowest BCUT2D eigenvalue weighted by molar-refractivity contribution is -0.163. The molecular formula is C14H25NO3. The molecule has 0 aromatic rings. The SMILES string of the molecule is CC1CNCCC1(O)C1CCOC2(CCOC2)C1. The first-order valence-electron chi connectivity index (χ1n) is 7.29. The average Bonchev–Trinajstić information content (AvgIpc) is 2.81. The molecule has 0 saturated carbocycles. The first kappa shape index (κ1) is 12.9. The van der Waals surface area contributed by atoms with Crippen LogP contribution in [-0.2, 0) is 9.47 Å². The highest BCUT2D eigenvalue weighted by atomic mass is 16.6. The Morgan fingerprint density at radius 1 is 1.28 bits per heavy atom. The van der Waals surface area contributed by atoms with Crippen LogP contribution >= 0.6 is 0 Å². The van der Waals surface area contributed by atoms with Crippen molar-refractivity contribution in [2.45, 2.75) is 43.8 Å².